The summed E-state index contributed by atoms with van der Waals surface area (Å²) < 4.78 is 0. The maximum absolute atomic E-state index is 10.3. The molecule has 6 heteroatoms. The summed E-state index contributed by atoms with van der Waals surface area (Å²) in [5.74, 6) is 5.10. The van der Waals surface area contributed by atoms with Crippen molar-refractivity contribution >= 4 is 6.21 Å². The van der Waals surface area contributed by atoms with Gasteiger partial charge in [0.25, 0.3) is 0 Å². The summed E-state index contributed by atoms with van der Waals surface area (Å²) in [5, 5.41) is 11.3. The van der Waals surface area contributed by atoms with Crippen LogP contribution < -0.4 is 11.4 Å². The van der Waals surface area contributed by atoms with E-state index in [1.54, 1.807) is 0 Å². The highest BCUT2D eigenvalue weighted by Crippen LogP contribution is 1.77. The Morgan fingerprint density at radius 2 is 2.33 bits per heavy atom. The smallest absolute Gasteiger partial charge is 0.210 e. The molecule has 0 aliphatic carbocycles. The number of hydrogen-bond acceptors (Lipinski definition) is 4. The lowest BCUT2D eigenvalue weighted by atomic mass is 10.6. The molecule has 0 saturated carbocycles. The van der Waals surface area contributed by atoms with Crippen LogP contribution in [0.25, 0.3) is 0 Å². The van der Waals surface area contributed by atoms with Gasteiger partial charge in [-0.1, -0.05) is 10.4 Å². The third-order valence-electron chi connectivity index (χ3n) is 0.682. The number of nitrogens with one attached hydrogen (secondary N) is 1. The molecule has 0 fully saturated rings. The molecule has 5 N–H and O–H groups in total. The van der Waals surface area contributed by atoms with Gasteiger partial charge in [-0.3, -0.25) is 0 Å². The third-order valence-corrected chi connectivity index (χ3v) is 0.682. The Kier molecular flexibility index (Phi) is 2.49. The van der Waals surface area contributed by atoms with Gasteiger partial charge in [0.2, 0.25) is 6.21 Å². The van der Waals surface area contributed by atoms with Crippen LogP contribution in [0.15, 0.2) is 12.3 Å². The largest absolute Gasteiger partial charge is 0.595 e. The van der Waals surface area contributed by atoms with Crippen molar-refractivity contribution in [3.8, 4) is 0 Å². The van der Waals surface area contributed by atoms with Gasteiger partial charge < -0.3 is 10.7 Å². The topological polar surface area (TPSA) is 98.9 Å². The molecule has 0 aromatic heterocycles. The second-order valence-corrected chi connectivity index (χ2v) is 1.32. The average molecular weight is 132 g/mol. The third kappa shape index (κ3) is 1.98. The summed E-state index contributed by atoms with van der Waals surface area (Å²) >= 11 is 0. The summed E-state index contributed by atoms with van der Waals surface area (Å²) in [5.41, 5.74) is 2.23. The van der Waals surface area contributed by atoms with Crippen LogP contribution >= 0.6 is 0 Å². The zero-order chi connectivity index (χ0) is 5.98. The minimum Gasteiger partial charge on any atom is -0.595 e. The molecule has 1 aliphatic heterocycles. The van der Waals surface area contributed by atoms with Crippen LogP contribution in [0.3, 0.4) is 0 Å². The SMILES string of the molecule is NN1C=CC=[N+]([O-])N1.O. The van der Waals surface area contributed by atoms with Crippen LogP contribution in [-0.4, -0.2) is 21.7 Å². The minimum atomic E-state index is 0. The van der Waals surface area contributed by atoms with Crippen molar-refractivity contribution in [3.05, 3.63) is 17.5 Å². The van der Waals surface area contributed by atoms with E-state index < -0.39 is 0 Å². The minimum absolute atomic E-state index is 0. The molecule has 1 heterocycles. The van der Waals surface area contributed by atoms with E-state index in [-0.39, 0.29) is 5.48 Å². The van der Waals surface area contributed by atoms with Gasteiger partial charge in [0.15, 0.2) is 0 Å². The first-order chi connectivity index (χ1) is 3.79. The van der Waals surface area contributed by atoms with Crippen LogP contribution in [0.2, 0.25) is 0 Å². The first-order valence-electron chi connectivity index (χ1n) is 2.07. The number of rotatable bonds is 0. The Hall–Kier alpha value is -1.27. The second kappa shape index (κ2) is 2.90. The number of hydrazine groups is 3. The Balaban J connectivity index is 0.000000640. The summed E-state index contributed by atoms with van der Waals surface area (Å²) in [4.78, 5) is 0.500. The zero-order valence-electron chi connectivity index (χ0n) is 4.61. The molecule has 1 aliphatic rings. The normalized spacial score (nSPS) is 15.7. The molecule has 0 spiro atoms. The molecule has 0 unspecified atom stereocenters. The predicted octanol–water partition coefficient (Wildman–Crippen LogP) is -2.13. The van der Waals surface area contributed by atoms with Gasteiger partial charge in [0.05, 0.1) is 6.20 Å². The van der Waals surface area contributed by atoms with Crippen molar-refractivity contribution in [2.75, 3.05) is 0 Å². The fourth-order valence-corrected chi connectivity index (χ4v) is 0.390. The van der Waals surface area contributed by atoms with E-state index in [0.717, 1.165) is 5.12 Å². The molecule has 9 heavy (non-hydrogen) atoms. The van der Waals surface area contributed by atoms with Crippen molar-refractivity contribution in [3.63, 3.8) is 0 Å². The Morgan fingerprint density at radius 3 is 2.67 bits per heavy atom. The van der Waals surface area contributed by atoms with E-state index in [2.05, 4.69) is 5.53 Å². The van der Waals surface area contributed by atoms with E-state index >= 15 is 0 Å². The van der Waals surface area contributed by atoms with E-state index in [1.165, 1.54) is 18.5 Å². The highest BCUT2D eigenvalue weighted by Gasteiger charge is 1.97. The number of nitrogens with two attached hydrogens (primary N) is 1. The monoisotopic (exact) mass is 132 g/mol. The highest BCUT2D eigenvalue weighted by molar-refractivity contribution is 5.66. The Labute approximate surface area is 51.7 Å². The number of hydrogen-bond donors (Lipinski definition) is 2. The molecule has 0 saturated heterocycles. The Morgan fingerprint density at radius 1 is 1.67 bits per heavy atom. The fraction of sp³-hybridized carbons (Fsp3) is 0. The molecule has 0 aromatic rings. The lowest BCUT2D eigenvalue weighted by Gasteiger charge is -2.14. The summed E-state index contributed by atoms with van der Waals surface area (Å²) in [7, 11) is 0. The maximum atomic E-state index is 10.3. The maximum Gasteiger partial charge on any atom is 0.210 e. The van der Waals surface area contributed by atoms with E-state index in [9.17, 15) is 5.21 Å². The average Bonchev–Trinajstić information content (AvgIpc) is 1.64. The summed E-state index contributed by atoms with van der Waals surface area (Å²) in [6.45, 7) is 0. The van der Waals surface area contributed by atoms with Crippen LogP contribution in [0.4, 0.5) is 0 Å². The molecule has 0 atom stereocenters. The van der Waals surface area contributed by atoms with E-state index in [0.29, 0.717) is 4.85 Å². The second-order valence-electron chi connectivity index (χ2n) is 1.32. The lowest BCUT2D eigenvalue weighted by molar-refractivity contribution is -0.553. The van der Waals surface area contributed by atoms with Crippen LogP contribution in [0.1, 0.15) is 0 Å². The van der Waals surface area contributed by atoms with Crippen LogP contribution in [0, 0.1) is 5.21 Å². The van der Waals surface area contributed by atoms with Crippen molar-refractivity contribution in [1.82, 2.24) is 10.7 Å². The van der Waals surface area contributed by atoms with Gasteiger partial charge in [0, 0.05) is 6.08 Å². The molecule has 52 valence electrons. The first-order valence-corrected chi connectivity index (χ1v) is 2.07. The van der Waals surface area contributed by atoms with Gasteiger partial charge >= 0.3 is 0 Å². The summed E-state index contributed by atoms with van der Waals surface area (Å²) in [6, 6.07) is 0. The van der Waals surface area contributed by atoms with Gasteiger partial charge in [0.1, 0.15) is 0 Å². The van der Waals surface area contributed by atoms with E-state index in [4.69, 9.17) is 5.84 Å². The molecule has 0 bridgehead atoms. The highest BCUT2D eigenvalue weighted by atomic mass is 16.5. The quantitative estimate of drug-likeness (QED) is 0.223. The van der Waals surface area contributed by atoms with Gasteiger partial charge in [-0.2, -0.15) is 5.12 Å². The fourth-order valence-electron chi connectivity index (χ4n) is 0.390. The van der Waals surface area contributed by atoms with Crippen molar-refractivity contribution in [2.45, 2.75) is 0 Å². The molecule has 0 radical (unpaired) electrons. The van der Waals surface area contributed by atoms with Crippen molar-refractivity contribution < 1.29 is 10.3 Å². The Bertz CT molecular complexity index is 143. The lowest BCUT2D eigenvalue weighted by Crippen LogP contribution is -2.45. The molecule has 1 rings (SSSR count). The van der Waals surface area contributed by atoms with Crippen molar-refractivity contribution in [1.29, 1.82) is 0 Å². The number of nitrogens with zero attached hydrogens (tertiary/aromatic N) is 2. The molecular formula is C3H8N4O2. The van der Waals surface area contributed by atoms with Gasteiger partial charge in [-0.25, -0.2) is 5.84 Å². The first kappa shape index (κ1) is 7.73. The molecular weight excluding hydrogens is 124 g/mol. The van der Waals surface area contributed by atoms with Crippen molar-refractivity contribution in [2.24, 2.45) is 5.84 Å². The van der Waals surface area contributed by atoms with E-state index in [1.807, 2.05) is 0 Å². The molecule has 0 aromatic carbocycles. The van der Waals surface area contributed by atoms with Crippen LogP contribution in [0.5, 0.6) is 0 Å². The van der Waals surface area contributed by atoms with Gasteiger partial charge in [-0.05, 0) is 0 Å². The zero-order valence-corrected chi connectivity index (χ0v) is 4.61. The standard InChI is InChI=1S/C3H6N4O.H2O/c4-6-2-1-3-7(8)5-6;/h1-3,5H,4H2;1H2. The predicted molar refractivity (Wildman–Crippen MR) is 31.6 cm³/mol. The van der Waals surface area contributed by atoms with Gasteiger partial charge in [-0.15, -0.1) is 0 Å². The molecule has 0 amide bonds. The van der Waals surface area contributed by atoms with Crippen LogP contribution in [-0.2, 0) is 0 Å². The number of hydrazone groups is 1. The summed E-state index contributed by atoms with van der Waals surface area (Å²) in [6.07, 6.45) is 4.36. The molecule has 6 nitrogen and oxygen atoms in total. The number of allylic oxidation sites excluding steroid dienone is 1.